The van der Waals surface area contributed by atoms with E-state index in [4.69, 9.17) is 11.6 Å². The highest BCUT2D eigenvalue weighted by Gasteiger charge is 2.33. The molecule has 0 bridgehead atoms. The summed E-state index contributed by atoms with van der Waals surface area (Å²) in [5.74, 6) is -0.786. The fourth-order valence-electron chi connectivity index (χ4n) is 1.48. The van der Waals surface area contributed by atoms with E-state index in [-0.39, 0.29) is 16.7 Å². The SMILES string of the molecule is CC[C@H](C)NC(=O)NC(=O)CSc1ccc(Cl)c(C(F)(F)F)c1. The maximum atomic E-state index is 12.7. The number of hydrogen-bond acceptors (Lipinski definition) is 3. The number of hydrogen-bond donors (Lipinski definition) is 2. The van der Waals surface area contributed by atoms with Crippen molar-refractivity contribution in [1.82, 2.24) is 10.6 Å². The van der Waals surface area contributed by atoms with Crippen LogP contribution in [-0.4, -0.2) is 23.7 Å². The van der Waals surface area contributed by atoms with Crippen LogP contribution < -0.4 is 10.6 Å². The molecule has 0 aliphatic carbocycles. The van der Waals surface area contributed by atoms with Gasteiger partial charge in [-0.3, -0.25) is 10.1 Å². The number of carbonyl (C=O) groups is 2. The summed E-state index contributed by atoms with van der Waals surface area (Å²) in [6.45, 7) is 3.66. The van der Waals surface area contributed by atoms with Gasteiger partial charge in [0.2, 0.25) is 5.91 Å². The van der Waals surface area contributed by atoms with Gasteiger partial charge in [-0.1, -0.05) is 18.5 Å². The summed E-state index contributed by atoms with van der Waals surface area (Å²) < 4.78 is 38.2. The zero-order valence-electron chi connectivity index (χ0n) is 12.5. The molecule has 0 aliphatic heterocycles. The third kappa shape index (κ3) is 6.70. The number of halogens is 4. The predicted octanol–water partition coefficient (Wildman–Crippen LogP) is 4.08. The molecule has 0 fully saturated rings. The Morgan fingerprint density at radius 1 is 1.35 bits per heavy atom. The molecule has 0 unspecified atom stereocenters. The zero-order valence-corrected chi connectivity index (χ0v) is 14.0. The van der Waals surface area contributed by atoms with E-state index in [2.05, 4.69) is 10.6 Å². The highest BCUT2D eigenvalue weighted by atomic mass is 35.5. The Kier molecular flexibility index (Phi) is 7.21. The normalized spacial score (nSPS) is 12.6. The molecule has 4 nitrogen and oxygen atoms in total. The van der Waals surface area contributed by atoms with Crippen LogP contribution in [-0.2, 0) is 11.0 Å². The van der Waals surface area contributed by atoms with E-state index in [9.17, 15) is 22.8 Å². The number of amides is 3. The molecule has 2 N–H and O–H groups in total. The van der Waals surface area contributed by atoms with Crippen molar-refractivity contribution in [3.63, 3.8) is 0 Å². The summed E-state index contributed by atoms with van der Waals surface area (Å²) in [5.41, 5.74) is -0.959. The number of rotatable bonds is 5. The first kappa shape index (κ1) is 19.6. The van der Waals surface area contributed by atoms with E-state index in [1.165, 1.54) is 6.07 Å². The highest BCUT2D eigenvalue weighted by molar-refractivity contribution is 8.00. The standard InChI is InChI=1S/C14H16ClF3N2O2S/c1-3-8(2)19-13(22)20-12(21)7-23-9-4-5-11(15)10(6-9)14(16,17)18/h4-6,8H,3,7H2,1-2H3,(H2,19,20,21,22)/t8-/m0/s1. The van der Waals surface area contributed by atoms with Gasteiger partial charge in [-0.15, -0.1) is 11.8 Å². The molecule has 3 amide bonds. The van der Waals surface area contributed by atoms with Crippen molar-refractivity contribution >= 4 is 35.3 Å². The number of benzene rings is 1. The van der Waals surface area contributed by atoms with Crippen LogP contribution in [0, 0.1) is 0 Å². The van der Waals surface area contributed by atoms with Crippen molar-refractivity contribution in [3.05, 3.63) is 28.8 Å². The number of thioether (sulfide) groups is 1. The molecular formula is C14H16ClF3N2O2S. The van der Waals surface area contributed by atoms with Gasteiger partial charge >= 0.3 is 12.2 Å². The van der Waals surface area contributed by atoms with E-state index < -0.39 is 28.7 Å². The molecule has 9 heteroatoms. The lowest BCUT2D eigenvalue weighted by molar-refractivity contribution is -0.137. The van der Waals surface area contributed by atoms with Crippen LogP contribution in [0.1, 0.15) is 25.8 Å². The fraction of sp³-hybridized carbons (Fsp3) is 0.429. The van der Waals surface area contributed by atoms with Gasteiger partial charge in [0, 0.05) is 10.9 Å². The lowest BCUT2D eigenvalue weighted by atomic mass is 10.2. The second kappa shape index (κ2) is 8.44. The topological polar surface area (TPSA) is 58.2 Å². The van der Waals surface area contributed by atoms with Crippen LogP contribution >= 0.6 is 23.4 Å². The number of urea groups is 1. The van der Waals surface area contributed by atoms with Crippen LogP contribution in [0.2, 0.25) is 5.02 Å². The zero-order chi connectivity index (χ0) is 17.6. The number of nitrogens with one attached hydrogen (secondary N) is 2. The van der Waals surface area contributed by atoms with Crippen molar-refractivity contribution < 1.29 is 22.8 Å². The van der Waals surface area contributed by atoms with Gasteiger partial charge in [0.1, 0.15) is 0 Å². The Bertz CT molecular complexity index is 582. The van der Waals surface area contributed by atoms with Crippen molar-refractivity contribution in [2.45, 2.75) is 37.4 Å². The van der Waals surface area contributed by atoms with Crippen molar-refractivity contribution in [3.8, 4) is 0 Å². The first-order valence-electron chi connectivity index (χ1n) is 6.73. The molecule has 0 saturated carbocycles. The van der Waals surface area contributed by atoms with E-state index in [1.54, 1.807) is 6.92 Å². The van der Waals surface area contributed by atoms with Gasteiger partial charge in [-0.2, -0.15) is 13.2 Å². The van der Waals surface area contributed by atoms with Crippen LogP contribution in [0.25, 0.3) is 0 Å². The summed E-state index contributed by atoms with van der Waals surface area (Å²) in [7, 11) is 0. The number of alkyl halides is 3. The number of imide groups is 1. The van der Waals surface area contributed by atoms with Crippen LogP contribution in [0.3, 0.4) is 0 Å². The van der Waals surface area contributed by atoms with Crippen LogP contribution in [0.5, 0.6) is 0 Å². The second-order valence-electron chi connectivity index (χ2n) is 4.76. The van der Waals surface area contributed by atoms with E-state index in [1.807, 2.05) is 6.92 Å². The molecule has 0 saturated heterocycles. The second-order valence-corrected chi connectivity index (χ2v) is 6.21. The molecule has 0 aliphatic rings. The molecule has 0 radical (unpaired) electrons. The Balaban J connectivity index is 2.58. The third-order valence-corrected chi connectivity index (χ3v) is 4.18. The lowest BCUT2D eigenvalue weighted by Crippen LogP contribution is -2.43. The molecule has 128 valence electrons. The van der Waals surface area contributed by atoms with Crippen molar-refractivity contribution in [1.29, 1.82) is 0 Å². The third-order valence-electron chi connectivity index (χ3n) is 2.86. The summed E-state index contributed by atoms with van der Waals surface area (Å²) >= 11 is 6.40. The summed E-state index contributed by atoms with van der Waals surface area (Å²) in [6.07, 6.45) is -3.85. The minimum atomic E-state index is -4.56. The number of carbonyl (C=O) groups excluding carboxylic acids is 2. The molecule has 0 spiro atoms. The average molecular weight is 369 g/mol. The molecule has 1 aromatic carbocycles. The van der Waals surface area contributed by atoms with Crippen molar-refractivity contribution in [2.24, 2.45) is 0 Å². The Hall–Kier alpha value is -1.41. The van der Waals surface area contributed by atoms with Crippen LogP contribution in [0.15, 0.2) is 23.1 Å². The minimum absolute atomic E-state index is 0.0823. The Labute approximate surface area is 141 Å². The molecule has 23 heavy (non-hydrogen) atoms. The molecular weight excluding hydrogens is 353 g/mol. The fourth-order valence-corrected chi connectivity index (χ4v) is 2.45. The van der Waals surface area contributed by atoms with Gasteiger partial charge in [0.05, 0.1) is 16.3 Å². The molecule has 1 rings (SSSR count). The molecule has 0 aromatic heterocycles. The van der Waals surface area contributed by atoms with E-state index in [0.29, 0.717) is 6.42 Å². The van der Waals surface area contributed by atoms with Crippen LogP contribution in [0.4, 0.5) is 18.0 Å². The minimum Gasteiger partial charge on any atom is -0.335 e. The van der Waals surface area contributed by atoms with E-state index >= 15 is 0 Å². The highest BCUT2D eigenvalue weighted by Crippen LogP contribution is 2.36. The molecule has 1 aromatic rings. The van der Waals surface area contributed by atoms with Gasteiger partial charge in [-0.05, 0) is 31.5 Å². The lowest BCUT2D eigenvalue weighted by Gasteiger charge is -2.12. The quantitative estimate of drug-likeness (QED) is 0.770. The first-order chi connectivity index (χ1) is 10.6. The summed E-state index contributed by atoms with van der Waals surface area (Å²) in [6, 6.07) is 2.67. The summed E-state index contributed by atoms with van der Waals surface area (Å²) in [4.78, 5) is 23.3. The maximum absolute atomic E-state index is 12.7. The first-order valence-corrected chi connectivity index (χ1v) is 8.09. The Morgan fingerprint density at radius 2 is 2.00 bits per heavy atom. The smallest absolute Gasteiger partial charge is 0.335 e. The van der Waals surface area contributed by atoms with Gasteiger partial charge < -0.3 is 5.32 Å². The Morgan fingerprint density at radius 3 is 2.57 bits per heavy atom. The molecule has 1 atom stereocenters. The van der Waals surface area contributed by atoms with Crippen molar-refractivity contribution in [2.75, 3.05) is 5.75 Å². The summed E-state index contributed by atoms with van der Waals surface area (Å²) in [5, 5.41) is 4.26. The van der Waals surface area contributed by atoms with Gasteiger partial charge in [0.25, 0.3) is 0 Å². The van der Waals surface area contributed by atoms with E-state index in [0.717, 1.165) is 23.9 Å². The molecule has 0 heterocycles. The van der Waals surface area contributed by atoms with Gasteiger partial charge in [-0.25, -0.2) is 4.79 Å². The predicted molar refractivity (Wildman–Crippen MR) is 83.6 cm³/mol. The largest absolute Gasteiger partial charge is 0.417 e. The average Bonchev–Trinajstić information content (AvgIpc) is 2.44. The monoisotopic (exact) mass is 368 g/mol. The van der Waals surface area contributed by atoms with Gasteiger partial charge in [0.15, 0.2) is 0 Å². The maximum Gasteiger partial charge on any atom is 0.417 e.